The Hall–Kier alpha value is -9.82. The molecule has 14 heteroatoms. The molecule has 0 amide bonds. The van der Waals surface area contributed by atoms with Gasteiger partial charge < -0.3 is 9.13 Å². The van der Waals surface area contributed by atoms with Gasteiger partial charge in [-0.2, -0.15) is 13.2 Å². The fraction of sp³-hybridized carbons (Fsp3) is 0.0806. The maximum atomic E-state index is 15.4. The quantitative estimate of drug-likeness (QED) is 0.146. The van der Waals surface area contributed by atoms with E-state index in [1.807, 2.05) is 184 Å². The molecule has 13 aromatic rings. The van der Waals surface area contributed by atoms with Crippen LogP contribution in [-0.2, 0) is 6.18 Å². The van der Waals surface area contributed by atoms with E-state index in [0.29, 0.717) is 74.7 Å². The van der Waals surface area contributed by atoms with Crippen molar-refractivity contribution in [3.8, 4) is 79.4 Å². The van der Waals surface area contributed by atoms with Gasteiger partial charge in [0.2, 0.25) is 0 Å². The van der Waals surface area contributed by atoms with Crippen molar-refractivity contribution in [2.75, 3.05) is 0 Å². The third kappa shape index (κ3) is 8.07. The lowest BCUT2D eigenvalue weighted by Crippen LogP contribution is -2.08. The summed E-state index contributed by atoms with van der Waals surface area (Å²) in [6.07, 6.45) is -4.70. The minimum atomic E-state index is -4.70. The molecule has 8 aromatic carbocycles. The fourth-order valence-corrected chi connectivity index (χ4v) is 10.4. The van der Waals surface area contributed by atoms with Gasteiger partial charge in [-0.1, -0.05) is 97.1 Å². The molecule has 0 bridgehead atoms. The summed E-state index contributed by atoms with van der Waals surface area (Å²) in [7, 11) is 0. The molecule has 13 rings (SSSR count). The van der Waals surface area contributed by atoms with E-state index in [4.69, 9.17) is 15.0 Å². The number of aryl methyl sites for hydroxylation is 4. The molecule has 0 N–H and O–H groups in total. The Morgan fingerprint density at radius 2 is 0.763 bits per heavy atom. The van der Waals surface area contributed by atoms with Gasteiger partial charge in [0.15, 0.2) is 29.1 Å². The molecule has 0 aliphatic rings. The highest BCUT2D eigenvalue weighted by Crippen LogP contribution is 2.45. The SMILES string of the molecule is Cc1nc(C)nc(-c2ccc3c(c2)c2ccccc2n3-c2ccc(-c3nc(-c4ccccc4)nc(-c4ccccc4)n3)c(-c3cc(C(F)(F)F)ccc3-n3c4ccccc4c4cc(-c5nc(C)nc(C)n5)ccc43)c2)n1. The average Bonchev–Trinajstić information content (AvgIpc) is 3.99. The number of aromatic nitrogens is 11. The number of hydrogen-bond acceptors (Lipinski definition) is 9. The summed E-state index contributed by atoms with van der Waals surface area (Å²) in [5, 5.41) is 3.68. The number of rotatable bonds is 8. The van der Waals surface area contributed by atoms with Gasteiger partial charge in [-0.15, -0.1) is 0 Å². The first kappa shape index (κ1) is 46.0. The molecule has 0 atom stereocenters. The molecule has 0 spiro atoms. The minimum absolute atomic E-state index is 0.280. The van der Waals surface area contributed by atoms with Crippen molar-refractivity contribution in [3.63, 3.8) is 0 Å². The van der Waals surface area contributed by atoms with Crippen molar-refractivity contribution in [1.82, 2.24) is 54.0 Å². The van der Waals surface area contributed by atoms with E-state index >= 15 is 13.2 Å². The molecule has 5 heterocycles. The summed E-state index contributed by atoms with van der Waals surface area (Å²) in [5.74, 6) is 4.61. The van der Waals surface area contributed by atoms with Crippen molar-refractivity contribution in [2.45, 2.75) is 33.9 Å². The molecular weight excluding hydrogens is 956 g/mol. The first-order chi connectivity index (χ1) is 36.9. The first-order valence-corrected chi connectivity index (χ1v) is 24.6. The number of para-hydroxylation sites is 2. The first-order valence-electron chi connectivity index (χ1n) is 24.6. The second-order valence-electron chi connectivity index (χ2n) is 18.7. The van der Waals surface area contributed by atoms with Gasteiger partial charge in [-0.05, 0) is 118 Å². The van der Waals surface area contributed by atoms with Crippen molar-refractivity contribution < 1.29 is 13.2 Å². The van der Waals surface area contributed by atoms with Gasteiger partial charge in [-0.25, -0.2) is 44.9 Å². The van der Waals surface area contributed by atoms with Crippen LogP contribution >= 0.6 is 0 Å². The maximum Gasteiger partial charge on any atom is 0.416 e. The number of alkyl halides is 3. The van der Waals surface area contributed by atoms with E-state index in [-0.39, 0.29) is 5.82 Å². The number of nitrogens with zero attached hydrogens (tertiary/aromatic N) is 11. The van der Waals surface area contributed by atoms with E-state index in [9.17, 15) is 0 Å². The van der Waals surface area contributed by atoms with Gasteiger partial charge in [0.25, 0.3) is 0 Å². The van der Waals surface area contributed by atoms with Crippen LogP contribution in [-0.4, -0.2) is 54.0 Å². The van der Waals surface area contributed by atoms with E-state index in [0.717, 1.165) is 71.9 Å². The minimum Gasteiger partial charge on any atom is -0.309 e. The van der Waals surface area contributed by atoms with Gasteiger partial charge in [0, 0.05) is 60.6 Å². The molecule has 0 radical (unpaired) electrons. The van der Waals surface area contributed by atoms with Crippen LogP contribution in [0.4, 0.5) is 13.2 Å². The summed E-state index contributed by atoms with van der Waals surface area (Å²) >= 11 is 0. The zero-order valence-electron chi connectivity index (χ0n) is 41.4. The maximum absolute atomic E-state index is 15.4. The Morgan fingerprint density at radius 1 is 0.316 bits per heavy atom. The largest absolute Gasteiger partial charge is 0.416 e. The third-order valence-electron chi connectivity index (χ3n) is 13.6. The van der Waals surface area contributed by atoms with Crippen LogP contribution in [0.2, 0.25) is 0 Å². The van der Waals surface area contributed by atoms with E-state index in [1.165, 1.54) is 6.07 Å². The Morgan fingerprint density at radius 3 is 1.29 bits per heavy atom. The summed E-state index contributed by atoms with van der Waals surface area (Å²) < 4.78 is 50.4. The number of halogens is 3. The van der Waals surface area contributed by atoms with Gasteiger partial charge >= 0.3 is 6.18 Å². The Kier molecular flexibility index (Phi) is 10.9. The molecule has 0 saturated carbocycles. The smallest absolute Gasteiger partial charge is 0.309 e. The zero-order chi connectivity index (χ0) is 51.8. The summed E-state index contributed by atoms with van der Waals surface area (Å²) in [6.45, 7) is 7.36. The van der Waals surface area contributed by atoms with Crippen LogP contribution in [0.3, 0.4) is 0 Å². The van der Waals surface area contributed by atoms with Crippen molar-refractivity contribution >= 4 is 43.6 Å². The van der Waals surface area contributed by atoms with Crippen LogP contribution in [0.15, 0.2) is 182 Å². The van der Waals surface area contributed by atoms with Crippen molar-refractivity contribution in [1.29, 1.82) is 0 Å². The Balaban J connectivity index is 1.11. The second kappa shape index (κ2) is 18.0. The number of fused-ring (bicyclic) bond motifs is 6. The molecule has 0 saturated heterocycles. The Bertz CT molecular complexity index is 4360. The summed E-state index contributed by atoms with van der Waals surface area (Å²) in [5.41, 5.74) is 8.06. The van der Waals surface area contributed by atoms with Gasteiger partial charge in [0.1, 0.15) is 23.3 Å². The predicted octanol–water partition coefficient (Wildman–Crippen LogP) is 14.7. The van der Waals surface area contributed by atoms with Crippen molar-refractivity contribution in [3.05, 3.63) is 211 Å². The van der Waals surface area contributed by atoms with Gasteiger partial charge in [0.05, 0.1) is 33.3 Å². The molecular formula is C62H42F3N11. The zero-order valence-corrected chi connectivity index (χ0v) is 41.4. The van der Waals surface area contributed by atoms with E-state index in [1.54, 1.807) is 6.07 Å². The lowest BCUT2D eigenvalue weighted by molar-refractivity contribution is -0.137. The van der Waals surface area contributed by atoms with Crippen molar-refractivity contribution in [2.24, 2.45) is 0 Å². The summed E-state index contributed by atoms with van der Waals surface area (Å²) in [4.78, 5) is 42.7. The molecule has 366 valence electrons. The van der Waals surface area contributed by atoms with Crippen LogP contribution in [0, 0.1) is 27.7 Å². The summed E-state index contributed by atoms with van der Waals surface area (Å²) in [6, 6.07) is 57.1. The number of benzene rings is 8. The topological polar surface area (TPSA) is 126 Å². The molecule has 76 heavy (non-hydrogen) atoms. The van der Waals surface area contributed by atoms with Crippen LogP contribution in [0.1, 0.15) is 28.9 Å². The lowest BCUT2D eigenvalue weighted by atomic mass is 9.94. The number of hydrogen-bond donors (Lipinski definition) is 0. The lowest BCUT2D eigenvalue weighted by Gasteiger charge is -2.20. The van der Waals surface area contributed by atoms with Crippen LogP contribution in [0.25, 0.3) is 123 Å². The molecule has 11 nitrogen and oxygen atoms in total. The normalized spacial score (nSPS) is 11.9. The average molecular weight is 998 g/mol. The molecule has 0 aliphatic heterocycles. The third-order valence-corrected chi connectivity index (χ3v) is 13.6. The monoisotopic (exact) mass is 997 g/mol. The Labute approximate surface area is 433 Å². The highest BCUT2D eigenvalue weighted by Gasteiger charge is 2.33. The molecule has 5 aromatic heterocycles. The highest BCUT2D eigenvalue weighted by atomic mass is 19.4. The molecule has 0 aliphatic carbocycles. The van der Waals surface area contributed by atoms with E-state index in [2.05, 4.69) is 46.6 Å². The standard InChI is InChI=1S/C62H42F3N11/c1-35-66-36(2)69-59(68-35)41-23-28-54-49(31-41)45-19-11-13-21-52(45)75(54)44-26-27-47(61-73-57(39-15-7-5-8-16-39)72-58(74-61)40-17-9-6-10-18-40)48(34-44)51-33-43(62(63,64)65)25-30-56(51)76-53-22-14-12-20-46(53)50-32-42(24-29-55(50)76)60-70-37(3)67-38(4)71-60/h5-34H,1-4H3. The fourth-order valence-electron chi connectivity index (χ4n) is 10.4. The highest BCUT2D eigenvalue weighted by molar-refractivity contribution is 6.12. The molecule has 0 unspecified atom stereocenters. The molecule has 0 fully saturated rings. The van der Waals surface area contributed by atoms with E-state index < -0.39 is 11.7 Å². The second-order valence-corrected chi connectivity index (χ2v) is 18.7. The predicted molar refractivity (Wildman–Crippen MR) is 292 cm³/mol. The van der Waals surface area contributed by atoms with Crippen LogP contribution < -0.4 is 0 Å². The van der Waals surface area contributed by atoms with Gasteiger partial charge in [-0.3, -0.25) is 0 Å². The van der Waals surface area contributed by atoms with Crippen LogP contribution in [0.5, 0.6) is 0 Å².